The highest BCUT2D eigenvalue weighted by molar-refractivity contribution is 6.18. The fourth-order valence-electron chi connectivity index (χ4n) is 0.939. The third-order valence-electron chi connectivity index (χ3n) is 1.81. The van der Waals surface area contributed by atoms with Crippen molar-refractivity contribution in [2.75, 3.05) is 5.88 Å². The number of aliphatic carboxylic acids is 1. The van der Waals surface area contributed by atoms with Gasteiger partial charge in [-0.05, 0) is 6.92 Å². The molecule has 0 aliphatic rings. The first-order valence-electron chi connectivity index (χ1n) is 4.47. The van der Waals surface area contributed by atoms with E-state index < -0.39 is 12.0 Å². The molecule has 1 heterocycles. The number of hydrogen-bond donors (Lipinski definition) is 1. The Kier molecular flexibility index (Phi) is 4.19. The zero-order chi connectivity index (χ0) is 11.3. The minimum absolute atomic E-state index is 0.493. The summed E-state index contributed by atoms with van der Waals surface area (Å²) in [5.74, 6) is 5.27. The topological polar surface area (TPSA) is 55.1 Å². The van der Waals surface area contributed by atoms with Gasteiger partial charge in [-0.25, -0.2) is 4.79 Å². The van der Waals surface area contributed by atoms with Gasteiger partial charge in [0.05, 0.1) is 11.8 Å². The van der Waals surface area contributed by atoms with Crippen LogP contribution in [0.3, 0.4) is 0 Å². The van der Waals surface area contributed by atoms with Crippen LogP contribution >= 0.6 is 11.6 Å². The maximum Gasteiger partial charge on any atom is 0.328 e. The van der Waals surface area contributed by atoms with Gasteiger partial charge in [0.2, 0.25) is 0 Å². The van der Waals surface area contributed by atoms with Crippen LogP contribution in [0, 0.1) is 11.8 Å². The predicted molar refractivity (Wildman–Crippen MR) is 56.8 cm³/mol. The van der Waals surface area contributed by atoms with Crippen LogP contribution in [0.25, 0.3) is 0 Å². The zero-order valence-electron chi connectivity index (χ0n) is 8.27. The third kappa shape index (κ3) is 3.30. The Morgan fingerprint density at radius 1 is 1.80 bits per heavy atom. The fraction of sp³-hybridized carbons (Fsp3) is 0.400. The first kappa shape index (κ1) is 11.6. The van der Waals surface area contributed by atoms with Crippen molar-refractivity contribution in [3.8, 4) is 11.8 Å². The summed E-state index contributed by atoms with van der Waals surface area (Å²) in [7, 11) is 0. The molecule has 0 fully saturated rings. The van der Waals surface area contributed by atoms with E-state index in [9.17, 15) is 4.79 Å². The Labute approximate surface area is 92.9 Å². The zero-order valence-corrected chi connectivity index (χ0v) is 9.03. The summed E-state index contributed by atoms with van der Waals surface area (Å²) >= 11 is 5.46. The van der Waals surface area contributed by atoms with E-state index in [4.69, 9.17) is 16.7 Å². The molecule has 0 spiro atoms. The Balaban J connectivity index is 2.73. The third-order valence-corrected chi connectivity index (χ3v) is 2.00. The minimum Gasteiger partial charge on any atom is -0.480 e. The van der Waals surface area contributed by atoms with Crippen LogP contribution in [0.5, 0.6) is 0 Å². The number of nitrogens with zero attached hydrogens (tertiary/aromatic N) is 2. The van der Waals surface area contributed by atoms with Crippen LogP contribution in [-0.2, 0) is 4.79 Å². The SMILES string of the molecule is C[C@@H](C(=O)O)n1cc(C#CCCCl)cn1. The first-order chi connectivity index (χ1) is 7.15. The molecule has 15 heavy (non-hydrogen) atoms. The molecular weight excluding hydrogens is 216 g/mol. The van der Waals surface area contributed by atoms with Crippen molar-refractivity contribution < 1.29 is 9.90 Å². The number of halogens is 1. The lowest BCUT2D eigenvalue weighted by atomic mass is 10.3. The van der Waals surface area contributed by atoms with Crippen molar-refractivity contribution in [1.82, 2.24) is 9.78 Å². The number of carboxylic acid groups (broad SMARTS) is 1. The van der Waals surface area contributed by atoms with Crippen LogP contribution in [0.4, 0.5) is 0 Å². The van der Waals surface area contributed by atoms with E-state index in [0.29, 0.717) is 17.9 Å². The summed E-state index contributed by atoms with van der Waals surface area (Å²) in [5, 5.41) is 12.7. The van der Waals surface area contributed by atoms with Gasteiger partial charge in [0.15, 0.2) is 0 Å². The molecule has 1 aromatic rings. The van der Waals surface area contributed by atoms with E-state index >= 15 is 0 Å². The van der Waals surface area contributed by atoms with Crippen molar-refractivity contribution in [3.63, 3.8) is 0 Å². The van der Waals surface area contributed by atoms with Crippen molar-refractivity contribution in [2.45, 2.75) is 19.4 Å². The maximum absolute atomic E-state index is 10.7. The second-order valence-electron chi connectivity index (χ2n) is 2.96. The largest absolute Gasteiger partial charge is 0.480 e. The molecule has 5 heteroatoms. The van der Waals surface area contributed by atoms with Crippen LogP contribution in [0.15, 0.2) is 12.4 Å². The number of hydrogen-bond acceptors (Lipinski definition) is 2. The van der Waals surface area contributed by atoms with Crippen molar-refractivity contribution >= 4 is 17.6 Å². The normalized spacial score (nSPS) is 11.6. The van der Waals surface area contributed by atoms with E-state index in [1.807, 2.05) is 0 Å². The highest BCUT2D eigenvalue weighted by Gasteiger charge is 2.13. The van der Waals surface area contributed by atoms with Crippen LogP contribution < -0.4 is 0 Å². The lowest BCUT2D eigenvalue weighted by molar-refractivity contribution is -0.140. The summed E-state index contributed by atoms with van der Waals surface area (Å²) in [6, 6.07) is -0.673. The standard InChI is InChI=1S/C10H11ClN2O2/c1-8(10(14)15)13-7-9(6-12-13)4-2-3-5-11/h6-8H,3,5H2,1H3,(H,14,15)/t8-/m0/s1. The first-order valence-corrected chi connectivity index (χ1v) is 5.00. The number of rotatable bonds is 3. The fourth-order valence-corrected chi connectivity index (χ4v) is 1.03. The molecule has 0 unspecified atom stereocenters. The summed E-state index contributed by atoms with van der Waals surface area (Å²) in [6.07, 6.45) is 3.77. The highest BCUT2D eigenvalue weighted by atomic mass is 35.5. The van der Waals surface area contributed by atoms with Gasteiger partial charge in [-0.2, -0.15) is 5.10 Å². The average molecular weight is 227 g/mol. The van der Waals surface area contributed by atoms with Gasteiger partial charge in [-0.1, -0.05) is 11.8 Å². The highest BCUT2D eigenvalue weighted by Crippen LogP contribution is 2.05. The molecular formula is C10H11ClN2O2. The summed E-state index contributed by atoms with van der Waals surface area (Å²) < 4.78 is 1.37. The van der Waals surface area contributed by atoms with Gasteiger partial charge in [0, 0.05) is 18.5 Å². The smallest absolute Gasteiger partial charge is 0.328 e. The van der Waals surface area contributed by atoms with Gasteiger partial charge in [-0.3, -0.25) is 4.68 Å². The van der Waals surface area contributed by atoms with E-state index in [0.717, 1.165) is 0 Å². The predicted octanol–water partition coefficient (Wildman–Crippen LogP) is 1.51. The number of alkyl halides is 1. The molecule has 4 nitrogen and oxygen atoms in total. The second kappa shape index (κ2) is 5.42. The minimum atomic E-state index is -0.918. The number of carboxylic acids is 1. The molecule has 1 aromatic heterocycles. The van der Waals surface area contributed by atoms with Gasteiger partial charge in [0.1, 0.15) is 6.04 Å². The van der Waals surface area contributed by atoms with E-state index in [1.54, 1.807) is 19.3 Å². The molecule has 0 saturated carbocycles. The number of carbonyl (C=O) groups is 1. The molecule has 80 valence electrons. The van der Waals surface area contributed by atoms with Crippen LogP contribution in [0.1, 0.15) is 24.9 Å². The van der Waals surface area contributed by atoms with E-state index in [1.165, 1.54) is 4.68 Å². The summed E-state index contributed by atoms with van der Waals surface area (Å²) in [5.41, 5.74) is 0.702. The molecule has 0 bridgehead atoms. The maximum atomic E-state index is 10.7. The van der Waals surface area contributed by atoms with Gasteiger partial charge in [0.25, 0.3) is 0 Å². The lowest BCUT2D eigenvalue weighted by Gasteiger charge is -2.04. The summed E-state index contributed by atoms with van der Waals surface area (Å²) in [4.78, 5) is 10.7. The molecule has 1 N–H and O–H groups in total. The average Bonchev–Trinajstić information content (AvgIpc) is 2.65. The molecule has 0 aliphatic carbocycles. The monoisotopic (exact) mass is 226 g/mol. The molecule has 0 radical (unpaired) electrons. The Morgan fingerprint density at radius 3 is 3.13 bits per heavy atom. The Bertz CT molecular complexity index is 403. The Hall–Kier alpha value is -1.47. The molecule has 0 aliphatic heterocycles. The molecule has 0 aromatic carbocycles. The summed E-state index contributed by atoms with van der Waals surface area (Å²) in [6.45, 7) is 1.56. The van der Waals surface area contributed by atoms with Crippen LogP contribution in [-0.4, -0.2) is 26.7 Å². The Morgan fingerprint density at radius 2 is 2.53 bits per heavy atom. The van der Waals surface area contributed by atoms with E-state index in [-0.39, 0.29) is 0 Å². The van der Waals surface area contributed by atoms with Crippen molar-refractivity contribution in [1.29, 1.82) is 0 Å². The molecule has 1 atom stereocenters. The van der Waals surface area contributed by atoms with Gasteiger partial charge in [-0.15, -0.1) is 11.6 Å². The molecule has 0 saturated heterocycles. The van der Waals surface area contributed by atoms with Crippen molar-refractivity contribution in [3.05, 3.63) is 18.0 Å². The van der Waals surface area contributed by atoms with Gasteiger partial charge < -0.3 is 5.11 Å². The number of aromatic nitrogens is 2. The molecule has 1 rings (SSSR count). The quantitative estimate of drug-likeness (QED) is 0.628. The van der Waals surface area contributed by atoms with Gasteiger partial charge >= 0.3 is 5.97 Å². The molecule has 0 amide bonds. The van der Waals surface area contributed by atoms with Crippen molar-refractivity contribution in [2.24, 2.45) is 0 Å². The van der Waals surface area contributed by atoms with E-state index in [2.05, 4.69) is 16.9 Å². The second-order valence-corrected chi connectivity index (χ2v) is 3.34. The van der Waals surface area contributed by atoms with Crippen LogP contribution in [0.2, 0.25) is 0 Å². The lowest BCUT2D eigenvalue weighted by Crippen LogP contribution is -2.15.